The van der Waals surface area contributed by atoms with Crippen molar-refractivity contribution in [1.29, 1.82) is 0 Å². The summed E-state index contributed by atoms with van der Waals surface area (Å²) in [5.41, 5.74) is 1.46. The second-order valence-electron chi connectivity index (χ2n) is 6.51. The number of esters is 1. The third-order valence-corrected chi connectivity index (χ3v) is 6.00. The number of aryl methyl sites for hydroxylation is 1. The highest BCUT2D eigenvalue weighted by Crippen LogP contribution is 2.38. The fourth-order valence-electron chi connectivity index (χ4n) is 3.32. The minimum atomic E-state index is -0.569. The Hall–Kier alpha value is -2.33. The summed E-state index contributed by atoms with van der Waals surface area (Å²) in [6.07, 6.45) is 4.02. The highest BCUT2D eigenvalue weighted by atomic mass is 32.1. The first-order chi connectivity index (χ1) is 13.4. The Balaban J connectivity index is 1.68. The number of amides is 3. The maximum atomic E-state index is 12.4. The molecule has 0 radical (unpaired) electrons. The summed E-state index contributed by atoms with van der Waals surface area (Å²) >= 11 is 6.62. The van der Waals surface area contributed by atoms with E-state index in [0.29, 0.717) is 10.6 Å². The van der Waals surface area contributed by atoms with Gasteiger partial charge in [0.1, 0.15) is 11.5 Å². The molecule has 1 fully saturated rings. The van der Waals surface area contributed by atoms with Gasteiger partial charge in [0.15, 0.2) is 5.11 Å². The van der Waals surface area contributed by atoms with Gasteiger partial charge in [0, 0.05) is 17.7 Å². The first-order valence-electron chi connectivity index (χ1n) is 9.16. The van der Waals surface area contributed by atoms with E-state index in [9.17, 15) is 19.2 Å². The van der Waals surface area contributed by atoms with Crippen LogP contribution in [0.2, 0.25) is 0 Å². The van der Waals surface area contributed by atoms with Crippen LogP contribution in [-0.2, 0) is 32.0 Å². The van der Waals surface area contributed by atoms with Gasteiger partial charge in [-0.1, -0.05) is 0 Å². The summed E-state index contributed by atoms with van der Waals surface area (Å²) in [6.45, 7) is 1.64. The highest BCUT2D eigenvalue weighted by Gasteiger charge is 2.31. The number of hydrogen-bond donors (Lipinski definition) is 2. The maximum Gasteiger partial charge on any atom is 0.341 e. The van der Waals surface area contributed by atoms with Gasteiger partial charge in [-0.25, -0.2) is 4.79 Å². The lowest BCUT2D eigenvalue weighted by atomic mass is 9.95. The van der Waals surface area contributed by atoms with E-state index in [1.807, 2.05) is 0 Å². The van der Waals surface area contributed by atoms with Crippen LogP contribution in [0, 0.1) is 0 Å². The number of nitrogens with one attached hydrogen (secondary N) is 2. The first kappa shape index (κ1) is 20.4. The quantitative estimate of drug-likeness (QED) is 0.422. The zero-order valence-electron chi connectivity index (χ0n) is 15.5. The van der Waals surface area contributed by atoms with Gasteiger partial charge in [0.05, 0.1) is 12.2 Å². The average Bonchev–Trinajstić information content (AvgIpc) is 3.16. The van der Waals surface area contributed by atoms with Crippen LogP contribution < -0.4 is 10.6 Å². The average molecular weight is 424 g/mol. The Labute approximate surface area is 171 Å². The van der Waals surface area contributed by atoms with Gasteiger partial charge in [0.2, 0.25) is 17.7 Å². The number of thiocarbonyl (C=S) groups is 1. The first-order valence-corrected chi connectivity index (χ1v) is 10.4. The summed E-state index contributed by atoms with van der Waals surface area (Å²) in [5.74, 6) is -1.71. The highest BCUT2D eigenvalue weighted by molar-refractivity contribution is 7.80. The summed E-state index contributed by atoms with van der Waals surface area (Å²) < 4.78 is 5.18. The molecule has 3 rings (SSSR count). The van der Waals surface area contributed by atoms with E-state index in [4.69, 9.17) is 17.0 Å². The number of carbonyl (C=O) groups is 4. The van der Waals surface area contributed by atoms with Crippen LogP contribution in [0.1, 0.15) is 53.4 Å². The number of carbonyl (C=O) groups excluding carboxylic acids is 4. The number of fused-ring (bicyclic) bond motifs is 1. The molecule has 0 bridgehead atoms. The van der Waals surface area contributed by atoms with Crippen molar-refractivity contribution in [1.82, 2.24) is 10.2 Å². The van der Waals surface area contributed by atoms with E-state index in [-0.39, 0.29) is 42.9 Å². The van der Waals surface area contributed by atoms with Gasteiger partial charge < -0.3 is 15.4 Å². The van der Waals surface area contributed by atoms with E-state index in [2.05, 4.69) is 10.6 Å². The lowest BCUT2D eigenvalue weighted by Gasteiger charge is -2.15. The number of thiophene rings is 1. The predicted molar refractivity (Wildman–Crippen MR) is 107 cm³/mol. The molecule has 2 heterocycles. The molecule has 1 aromatic rings. The molecule has 1 aliphatic carbocycles. The van der Waals surface area contributed by atoms with Crippen molar-refractivity contribution in [2.45, 2.75) is 45.4 Å². The van der Waals surface area contributed by atoms with Crippen molar-refractivity contribution < 1.29 is 23.9 Å². The minimum absolute atomic E-state index is 0.00763. The van der Waals surface area contributed by atoms with E-state index in [1.54, 1.807) is 6.92 Å². The Bertz CT molecular complexity index is 833. The molecule has 2 N–H and O–H groups in total. The van der Waals surface area contributed by atoms with Crippen molar-refractivity contribution in [3.63, 3.8) is 0 Å². The summed E-state index contributed by atoms with van der Waals surface area (Å²) in [7, 11) is 0. The third-order valence-electron chi connectivity index (χ3n) is 4.59. The maximum absolute atomic E-state index is 12.4. The van der Waals surface area contributed by atoms with E-state index < -0.39 is 11.9 Å². The number of ether oxygens (including phenoxy) is 1. The van der Waals surface area contributed by atoms with E-state index in [0.717, 1.165) is 41.0 Å². The SMILES string of the molecule is CCOC(=O)c1c(NC(=S)NC(=O)CN2C(=O)CCC2=O)sc2c1CCCC2. The molecule has 0 aromatic carbocycles. The minimum Gasteiger partial charge on any atom is -0.462 e. The number of nitrogens with zero attached hydrogens (tertiary/aromatic N) is 1. The van der Waals surface area contributed by atoms with Crippen molar-refractivity contribution in [3.8, 4) is 0 Å². The number of hydrogen-bond acceptors (Lipinski definition) is 7. The molecule has 28 heavy (non-hydrogen) atoms. The standard InChI is InChI=1S/C18H21N3O5S2/c1-2-26-17(25)15-10-5-3-4-6-11(10)28-16(15)20-18(27)19-12(22)9-21-13(23)7-8-14(21)24/h2-9H2,1H3,(H2,19,20,22,27). The van der Waals surface area contributed by atoms with Gasteiger partial charge in [0.25, 0.3) is 0 Å². The molecular weight excluding hydrogens is 402 g/mol. The van der Waals surface area contributed by atoms with Crippen LogP contribution in [0.15, 0.2) is 0 Å². The second-order valence-corrected chi connectivity index (χ2v) is 8.02. The molecule has 1 aromatic heterocycles. The van der Waals surface area contributed by atoms with Crippen molar-refractivity contribution in [3.05, 3.63) is 16.0 Å². The second kappa shape index (κ2) is 8.78. The summed E-state index contributed by atoms with van der Waals surface area (Å²) in [4.78, 5) is 49.9. The third kappa shape index (κ3) is 4.39. The molecule has 0 atom stereocenters. The number of likely N-dealkylation sites (tertiary alicyclic amines) is 1. The fourth-order valence-corrected chi connectivity index (χ4v) is 4.88. The molecule has 150 valence electrons. The molecule has 10 heteroatoms. The molecule has 0 saturated carbocycles. The Morgan fingerprint density at radius 1 is 1.14 bits per heavy atom. The summed E-state index contributed by atoms with van der Waals surface area (Å²) in [5, 5.41) is 5.93. The van der Waals surface area contributed by atoms with Gasteiger partial charge >= 0.3 is 5.97 Å². The fraction of sp³-hybridized carbons (Fsp3) is 0.500. The van der Waals surface area contributed by atoms with Crippen molar-refractivity contribution in [2.24, 2.45) is 0 Å². The van der Waals surface area contributed by atoms with Gasteiger partial charge in [-0.15, -0.1) is 11.3 Å². The number of imide groups is 1. The van der Waals surface area contributed by atoms with Crippen LogP contribution in [-0.4, -0.2) is 46.9 Å². The molecule has 3 amide bonds. The molecule has 0 spiro atoms. The van der Waals surface area contributed by atoms with Crippen LogP contribution in [0.3, 0.4) is 0 Å². The molecular formula is C18H21N3O5S2. The van der Waals surface area contributed by atoms with E-state index in [1.165, 1.54) is 11.3 Å². The van der Waals surface area contributed by atoms with Gasteiger partial charge in [-0.2, -0.15) is 0 Å². The van der Waals surface area contributed by atoms with Crippen molar-refractivity contribution >= 4 is 57.4 Å². The normalized spacial score (nSPS) is 16.0. The zero-order valence-corrected chi connectivity index (χ0v) is 17.1. The van der Waals surface area contributed by atoms with Crippen LogP contribution in [0.25, 0.3) is 0 Å². The predicted octanol–water partition coefficient (Wildman–Crippen LogP) is 1.77. The summed E-state index contributed by atoms with van der Waals surface area (Å²) in [6, 6.07) is 0. The lowest BCUT2D eigenvalue weighted by Crippen LogP contribution is -2.43. The lowest BCUT2D eigenvalue weighted by molar-refractivity contribution is -0.142. The van der Waals surface area contributed by atoms with Crippen molar-refractivity contribution in [2.75, 3.05) is 18.5 Å². The largest absolute Gasteiger partial charge is 0.462 e. The smallest absolute Gasteiger partial charge is 0.341 e. The monoisotopic (exact) mass is 423 g/mol. The molecule has 1 aliphatic heterocycles. The molecule has 2 aliphatic rings. The van der Waals surface area contributed by atoms with E-state index >= 15 is 0 Å². The van der Waals surface area contributed by atoms with Crippen LogP contribution in [0.5, 0.6) is 0 Å². The molecule has 1 saturated heterocycles. The zero-order chi connectivity index (χ0) is 20.3. The molecule has 0 unspecified atom stereocenters. The topological polar surface area (TPSA) is 105 Å². The number of anilines is 1. The van der Waals surface area contributed by atoms with Gasteiger partial charge in [-0.3, -0.25) is 19.3 Å². The van der Waals surface area contributed by atoms with Crippen LogP contribution in [0.4, 0.5) is 5.00 Å². The Kier molecular flexibility index (Phi) is 6.40. The van der Waals surface area contributed by atoms with Crippen LogP contribution >= 0.6 is 23.6 Å². The Morgan fingerprint density at radius 2 is 1.82 bits per heavy atom. The molecule has 8 nitrogen and oxygen atoms in total. The number of rotatable bonds is 5. The van der Waals surface area contributed by atoms with Gasteiger partial charge in [-0.05, 0) is 50.4 Å². The Morgan fingerprint density at radius 3 is 2.50 bits per heavy atom.